The molecule has 2 aromatic rings. The van der Waals surface area contributed by atoms with Crippen molar-refractivity contribution < 1.29 is 19.4 Å². The van der Waals surface area contributed by atoms with E-state index in [1.807, 2.05) is 0 Å². The van der Waals surface area contributed by atoms with Gasteiger partial charge in [-0.05, 0) is 18.2 Å². The lowest BCUT2D eigenvalue weighted by Gasteiger charge is -2.21. The molecule has 0 fully saturated rings. The lowest BCUT2D eigenvalue weighted by atomic mass is 10.1. The van der Waals surface area contributed by atoms with E-state index in [0.29, 0.717) is 5.56 Å². The van der Waals surface area contributed by atoms with Crippen LogP contribution in [0.25, 0.3) is 0 Å². The maximum Gasteiger partial charge on any atom is 0.343 e. The molecule has 0 heterocycles. The molecule has 1 atom stereocenters. The molecular formula is C17H16ClNO4. The van der Waals surface area contributed by atoms with Crippen molar-refractivity contribution in [1.29, 1.82) is 0 Å². The number of ether oxygens (including phenoxy) is 1. The first kappa shape index (κ1) is 16.8. The number of rotatable bonds is 4. The van der Waals surface area contributed by atoms with Crippen LogP contribution in [0, 0.1) is 0 Å². The summed E-state index contributed by atoms with van der Waals surface area (Å²) in [6.45, 7) is 0. The predicted octanol–water partition coefficient (Wildman–Crippen LogP) is 3.03. The summed E-state index contributed by atoms with van der Waals surface area (Å²) >= 11 is 5.83. The normalized spacial score (nSPS) is 11.6. The molecule has 0 aliphatic carbocycles. The van der Waals surface area contributed by atoms with Gasteiger partial charge in [0, 0.05) is 24.7 Å². The summed E-state index contributed by atoms with van der Waals surface area (Å²) in [4.78, 5) is 26.0. The Morgan fingerprint density at radius 3 is 2.39 bits per heavy atom. The summed E-state index contributed by atoms with van der Waals surface area (Å²) in [5.74, 6) is -1.47. The van der Waals surface area contributed by atoms with E-state index in [0.717, 1.165) is 0 Å². The zero-order chi connectivity index (χ0) is 17.0. The number of hydrogen-bond acceptors (Lipinski definition) is 4. The van der Waals surface area contributed by atoms with Crippen molar-refractivity contribution in [3.05, 3.63) is 64.7 Å². The van der Waals surface area contributed by atoms with E-state index < -0.39 is 12.1 Å². The van der Waals surface area contributed by atoms with Gasteiger partial charge in [-0.2, -0.15) is 0 Å². The molecule has 0 aliphatic rings. The van der Waals surface area contributed by atoms with Gasteiger partial charge in [-0.25, -0.2) is 4.79 Å². The van der Waals surface area contributed by atoms with Crippen LogP contribution in [-0.2, 0) is 9.53 Å². The van der Waals surface area contributed by atoms with Crippen molar-refractivity contribution in [3.8, 4) is 5.75 Å². The van der Waals surface area contributed by atoms with E-state index in [2.05, 4.69) is 0 Å². The third-order valence-electron chi connectivity index (χ3n) is 3.17. The fraction of sp³-hybridized carbons (Fsp3) is 0.176. The van der Waals surface area contributed by atoms with Crippen molar-refractivity contribution in [1.82, 2.24) is 4.90 Å². The van der Waals surface area contributed by atoms with Crippen LogP contribution in [0.5, 0.6) is 5.75 Å². The monoisotopic (exact) mass is 333 g/mol. The second kappa shape index (κ2) is 7.15. The first-order valence-corrected chi connectivity index (χ1v) is 7.23. The average molecular weight is 334 g/mol. The molecular weight excluding hydrogens is 318 g/mol. The van der Waals surface area contributed by atoms with Gasteiger partial charge in [0.05, 0.1) is 0 Å². The third kappa shape index (κ3) is 4.02. The van der Waals surface area contributed by atoms with Gasteiger partial charge in [0.25, 0.3) is 5.91 Å². The van der Waals surface area contributed by atoms with Crippen LogP contribution >= 0.6 is 11.6 Å². The number of nitrogens with zero attached hydrogens (tertiary/aromatic N) is 1. The smallest absolute Gasteiger partial charge is 0.343 e. The minimum atomic E-state index is -1.10. The summed E-state index contributed by atoms with van der Waals surface area (Å²) in [5, 5.41) is 10.1. The van der Waals surface area contributed by atoms with Crippen molar-refractivity contribution in [3.63, 3.8) is 0 Å². The molecule has 5 nitrogen and oxygen atoms in total. The number of hydrogen-bond donors (Lipinski definition) is 1. The minimum absolute atomic E-state index is 0.0926. The van der Waals surface area contributed by atoms with Crippen LogP contribution in [0.1, 0.15) is 22.0 Å². The van der Waals surface area contributed by atoms with E-state index in [1.54, 1.807) is 44.4 Å². The molecule has 0 aromatic heterocycles. The van der Waals surface area contributed by atoms with Crippen LogP contribution in [0.3, 0.4) is 0 Å². The number of phenols is 1. The van der Waals surface area contributed by atoms with Crippen molar-refractivity contribution >= 4 is 23.5 Å². The van der Waals surface area contributed by atoms with Gasteiger partial charge in [0.15, 0.2) is 0 Å². The molecule has 0 saturated heterocycles. The average Bonchev–Trinajstić information content (AvgIpc) is 2.54. The SMILES string of the molecule is CN(C)C(=O)[C@@H](OC(=O)c1cc(Cl)ccc1O)c1ccccc1. The molecule has 6 heteroatoms. The van der Waals surface area contributed by atoms with E-state index >= 15 is 0 Å². The summed E-state index contributed by atoms with van der Waals surface area (Å²) in [7, 11) is 3.14. The quantitative estimate of drug-likeness (QED) is 0.873. The molecule has 120 valence electrons. The van der Waals surface area contributed by atoms with E-state index in [-0.39, 0.29) is 22.2 Å². The molecule has 0 saturated carbocycles. The molecule has 0 bridgehead atoms. The fourth-order valence-corrected chi connectivity index (χ4v) is 2.14. The van der Waals surface area contributed by atoms with Gasteiger partial charge in [-0.1, -0.05) is 41.9 Å². The molecule has 0 aliphatic heterocycles. The van der Waals surface area contributed by atoms with Crippen molar-refractivity contribution in [2.75, 3.05) is 14.1 Å². The van der Waals surface area contributed by atoms with Crippen LogP contribution < -0.4 is 0 Å². The van der Waals surface area contributed by atoms with Gasteiger partial charge in [0.1, 0.15) is 11.3 Å². The number of amides is 1. The lowest BCUT2D eigenvalue weighted by Crippen LogP contribution is -2.31. The van der Waals surface area contributed by atoms with E-state index in [4.69, 9.17) is 16.3 Å². The maximum absolute atomic E-state index is 12.3. The van der Waals surface area contributed by atoms with Gasteiger partial charge >= 0.3 is 5.97 Å². The van der Waals surface area contributed by atoms with Gasteiger partial charge in [-0.15, -0.1) is 0 Å². The van der Waals surface area contributed by atoms with Crippen molar-refractivity contribution in [2.24, 2.45) is 0 Å². The fourth-order valence-electron chi connectivity index (χ4n) is 1.97. The Labute approximate surface area is 139 Å². The minimum Gasteiger partial charge on any atom is -0.507 e. The predicted molar refractivity (Wildman–Crippen MR) is 86.4 cm³/mol. The van der Waals surface area contributed by atoms with E-state index in [9.17, 15) is 14.7 Å². The van der Waals surface area contributed by atoms with E-state index in [1.165, 1.54) is 23.1 Å². The van der Waals surface area contributed by atoms with Gasteiger partial charge < -0.3 is 14.7 Å². The standard InChI is InChI=1S/C17H16ClNO4/c1-19(2)16(21)15(11-6-4-3-5-7-11)23-17(22)13-10-12(18)8-9-14(13)20/h3-10,15,20H,1-2H3/t15-/m0/s1. The Morgan fingerprint density at radius 2 is 1.78 bits per heavy atom. The third-order valence-corrected chi connectivity index (χ3v) is 3.41. The summed E-state index contributed by atoms with van der Waals surface area (Å²) in [6.07, 6.45) is -1.10. The molecule has 2 rings (SSSR count). The number of esters is 1. The number of likely N-dealkylation sites (N-methyl/N-ethyl adjacent to an activating group) is 1. The Kier molecular flexibility index (Phi) is 5.24. The largest absolute Gasteiger partial charge is 0.507 e. The maximum atomic E-state index is 12.3. The molecule has 1 amide bonds. The van der Waals surface area contributed by atoms with Crippen LogP contribution in [-0.4, -0.2) is 36.0 Å². The molecule has 2 aromatic carbocycles. The highest BCUT2D eigenvalue weighted by molar-refractivity contribution is 6.31. The summed E-state index contributed by atoms with van der Waals surface area (Å²) in [5.41, 5.74) is 0.450. The number of carbonyl (C=O) groups excluding carboxylic acids is 2. The Balaban J connectivity index is 2.32. The number of aromatic hydroxyl groups is 1. The zero-order valence-corrected chi connectivity index (χ0v) is 13.4. The first-order chi connectivity index (χ1) is 10.9. The lowest BCUT2D eigenvalue weighted by molar-refractivity contribution is -0.138. The number of phenolic OH excluding ortho intramolecular Hbond substituents is 1. The second-order valence-electron chi connectivity index (χ2n) is 5.09. The highest BCUT2D eigenvalue weighted by Crippen LogP contribution is 2.26. The van der Waals surface area contributed by atoms with Crippen LogP contribution in [0.2, 0.25) is 5.02 Å². The summed E-state index contributed by atoms with van der Waals surface area (Å²) in [6, 6.07) is 12.7. The summed E-state index contributed by atoms with van der Waals surface area (Å²) < 4.78 is 5.33. The number of halogens is 1. The number of benzene rings is 2. The highest BCUT2D eigenvalue weighted by atomic mass is 35.5. The Morgan fingerprint density at radius 1 is 1.13 bits per heavy atom. The highest BCUT2D eigenvalue weighted by Gasteiger charge is 2.28. The van der Waals surface area contributed by atoms with Gasteiger partial charge in [-0.3, -0.25) is 4.79 Å². The second-order valence-corrected chi connectivity index (χ2v) is 5.53. The topological polar surface area (TPSA) is 66.8 Å². The molecule has 0 radical (unpaired) electrons. The Bertz CT molecular complexity index is 716. The molecule has 0 unspecified atom stereocenters. The van der Waals surface area contributed by atoms with Crippen LogP contribution in [0.4, 0.5) is 0 Å². The van der Waals surface area contributed by atoms with Crippen LogP contribution in [0.15, 0.2) is 48.5 Å². The molecule has 0 spiro atoms. The molecule has 1 N–H and O–H groups in total. The molecule has 23 heavy (non-hydrogen) atoms. The first-order valence-electron chi connectivity index (χ1n) is 6.85. The number of carbonyl (C=O) groups is 2. The van der Waals surface area contributed by atoms with Gasteiger partial charge in [0.2, 0.25) is 6.10 Å². The zero-order valence-electron chi connectivity index (χ0n) is 12.7. The Hall–Kier alpha value is -2.53. The van der Waals surface area contributed by atoms with Crippen molar-refractivity contribution in [2.45, 2.75) is 6.10 Å².